The molecule has 0 heterocycles. The van der Waals surface area contributed by atoms with E-state index in [4.69, 9.17) is 5.73 Å². The van der Waals surface area contributed by atoms with Crippen LogP contribution in [0.5, 0.6) is 0 Å². The number of anilines is 1. The van der Waals surface area contributed by atoms with Crippen molar-refractivity contribution in [1.82, 2.24) is 0 Å². The van der Waals surface area contributed by atoms with Gasteiger partial charge in [-0.25, -0.2) is 0 Å². The summed E-state index contributed by atoms with van der Waals surface area (Å²) in [7, 11) is 0. The number of benzene rings is 2. The zero-order valence-corrected chi connectivity index (χ0v) is 13.7. The van der Waals surface area contributed by atoms with Crippen LogP contribution in [-0.4, -0.2) is 5.11 Å². The number of nitrogens with two attached hydrogens (primary N) is 1. The molecule has 1 aliphatic rings. The van der Waals surface area contributed by atoms with Crippen molar-refractivity contribution in [2.75, 3.05) is 5.73 Å². The summed E-state index contributed by atoms with van der Waals surface area (Å²) in [6.07, 6.45) is 6.38. The van der Waals surface area contributed by atoms with Crippen molar-refractivity contribution >= 4 is 5.69 Å². The van der Waals surface area contributed by atoms with E-state index < -0.39 is 0 Å². The molecule has 2 nitrogen and oxygen atoms in total. The van der Waals surface area contributed by atoms with Crippen molar-refractivity contribution in [2.45, 2.75) is 32.1 Å². The van der Waals surface area contributed by atoms with Gasteiger partial charge in [0.05, 0.1) is 0 Å². The molecule has 3 N–H and O–H groups in total. The van der Waals surface area contributed by atoms with Gasteiger partial charge in [0.1, 0.15) is 5.76 Å². The molecule has 2 aromatic rings. The maximum atomic E-state index is 9.44. The predicted molar refractivity (Wildman–Crippen MR) is 97.6 cm³/mol. The Labute approximate surface area is 138 Å². The molecule has 0 spiro atoms. The predicted octanol–water partition coefficient (Wildman–Crippen LogP) is 5.54. The minimum Gasteiger partial charge on any atom is -0.508 e. The second-order valence-corrected chi connectivity index (χ2v) is 6.45. The normalized spacial score (nSPS) is 17.3. The highest BCUT2D eigenvalue weighted by Gasteiger charge is 2.14. The SMILES string of the molecule is CC(C)c1ccc(-c2ccc(C3C=CC(O)=CC3)c(N)c2)cc1. The van der Waals surface area contributed by atoms with Gasteiger partial charge in [-0.1, -0.05) is 56.3 Å². The summed E-state index contributed by atoms with van der Waals surface area (Å²) in [6.45, 7) is 4.40. The minimum absolute atomic E-state index is 0.239. The van der Waals surface area contributed by atoms with Gasteiger partial charge in [-0.15, -0.1) is 0 Å². The summed E-state index contributed by atoms with van der Waals surface area (Å²) in [5, 5.41) is 9.44. The van der Waals surface area contributed by atoms with Crippen molar-refractivity contribution in [3.63, 3.8) is 0 Å². The highest BCUT2D eigenvalue weighted by Crippen LogP contribution is 2.33. The molecule has 0 saturated heterocycles. The van der Waals surface area contributed by atoms with Crippen LogP contribution >= 0.6 is 0 Å². The Morgan fingerprint density at radius 1 is 1.04 bits per heavy atom. The first-order valence-electron chi connectivity index (χ1n) is 8.11. The fourth-order valence-electron chi connectivity index (χ4n) is 2.99. The van der Waals surface area contributed by atoms with Gasteiger partial charge in [-0.2, -0.15) is 0 Å². The standard InChI is InChI=1S/C21H23NO/c1-14(2)15-3-5-16(6-4-15)18-9-12-20(21(22)13-18)17-7-10-19(23)11-8-17/h3-7,9-14,17,23H,8,22H2,1-2H3. The van der Waals surface area contributed by atoms with Gasteiger partial charge >= 0.3 is 0 Å². The molecule has 2 aromatic carbocycles. The van der Waals surface area contributed by atoms with E-state index >= 15 is 0 Å². The van der Waals surface area contributed by atoms with Crippen LogP contribution in [0, 0.1) is 0 Å². The summed E-state index contributed by atoms with van der Waals surface area (Å²) >= 11 is 0. The summed E-state index contributed by atoms with van der Waals surface area (Å²) < 4.78 is 0. The van der Waals surface area contributed by atoms with E-state index in [-0.39, 0.29) is 5.92 Å². The van der Waals surface area contributed by atoms with E-state index in [0.717, 1.165) is 23.2 Å². The van der Waals surface area contributed by atoms with Crippen LogP contribution in [-0.2, 0) is 0 Å². The summed E-state index contributed by atoms with van der Waals surface area (Å²) in [5.74, 6) is 1.11. The first-order chi connectivity index (χ1) is 11.0. The van der Waals surface area contributed by atoms with E-state index in [9.17, 15) is 5.11 Å². The Kier molecular flexibility index (Phi) is 4.24. The first-order valence-corrected chi connectivity index (χ1v) is 8.11. The van der Waals surface area contributed by atoms with Crippen molar-refractivity contribution in [3.8, 4) is 11.1 Å². The molecule has 3 rings (SSSR count). The van der Waals surface area contributed by atoms with Crippen molar-refractivity contribution in [3.05, 3.63) is 77.6 Å². The Balaban J connectivity index is 1.86. The molecular weight excluding hydrogens is 282 g/mol. The third-order valence-electron chi connectivity index (χ3n) is 4.48. The van der Waals surface area contributed by atoms with Crippen LogP contribution in [0.2, 0.25) is 0 Å². The third-order valence-corrected chi connectivity index (χ3v) is 4.48. The van der Waals surface area contributed by atoms with E-state index in [1.165, 1.54) is 11.1 Å². The van der Waals surface area contributed by atoms with Crippen LogP contribution in [0.15, 0.2) is 66.5 Å². The van der Waals surface area contributed by atoms with Gasteiger partial charge in [-0.05, 0) is 52.8 Å². The Morgan fingerprint density at radius 2 is 1.74 bits per heavy atom. The summed E-state index contributed by atoms with van der Waals surface area (Å²) in [6, 6.07) is 15.0. The zero-order chi connectivity index (χ0) is 16.4. The number of hydrogen-bond acceptors (Lipinski definition) is 2. The molecule has 0 saturated carbocycles. The second-order valence-electron chi connectivity index (χ2n) is 6.45. The molecular formula is C21H23NO. The Bertz CT molecular complexity index is 754. The lowest BCUT2D eigenvalue weighted by molar-refractivity contribution is 0.425. The lowest BCUT2D eigenvalue weighted by atomic mass is 9.89. The van der Waals surface area contributed by atoms with Gasteiger partial charge in [0, 0.05) is 11.6 Å². The fourth-order valence-corrected chi connectivity index (χ4v) is 2.99. The Hall–Kier alpha value is -2.48. The minimum atomic E-state index is 0.239. The first kappa shape index (κ1) is 15.4. The second kappa shape index (κ2) is 6.33. The van der Waals surface area contributed by atoms with Crippen LogP contribution in [0.3, 0.4) is 0 Å². The molecule has 0 aromatic heterocycles. The molecule has 23 heavy (non-hydrogen) atoms. The fraction of sp³-hybridized carbons (Fsp3) is 0.238. The molecule has 0 bridgehead atoms. The number of rotatable bonds is 3. The Morgan fingerprint density at radius 3 is 2.30 bits per heavy atom. The van der Waals surface area contributed by atoms with E-state index in [0.29, 0.717) is 11.7 Å². The third kappa shape index (κ3) is 3.31. The van der Waals surface area contributed by atoms with E-state index in [1.54, 1.807) is 6.08 Å². The highest BCUT2D eigenvalue weighted by molar-refractivity contribution is 5.70. The molecule has 1 aliphatic carbocycles. The number of allylic oxidation sites excluding steroid dienone is 3. The number of nitrogen functional groups attached to an aromatic ring is 1. The maximum Gasteiger partial charge on any atom is 0.111 e. The average molecular weight is 305 g/mol. The lowest BCUT2D eigenvalue weighted by Gasteiger charge is -2.17. The van der Waals surface area contributed by atoms with Gasteiger partial charge in [0.2, 0.25) is 0 Å². The maximum absolute atomic E-state index is 9.44. The van der Waals surface area contributed by atoms with E-state index in [1.807, 2.05) is 18.2 Å². The number of aliphatic hydroxyl groups excluding tert-OH is 1. The van der Waals surface area contributed by atoms with Crippen LogP contribution < -0.4 is 5.73 Å². The molecule has 0 fully saturated rings. The van der Waals surface area contributed by atoms with Crippen LogP contribution in [0.1, 0.15) is 43.2 Å². The zero-order valence-electron chi connectivity index (χ0n) is 13.7. The van der Waals surface area contributed by atoms with Gasteiger partial charge in [-0.3, -0.25) is 0 Å². The molecule has 118 valence electrons. The molecule has 2 heteroatoms. The lowest BCUT2D eigenvalue weighted by Crippen LogP contribution is -2.03. The molecule has 1 unspecified atom stereocenters. The molecule has 0 radical (unpaired) electrons. The number of hydrogen-bond donors (Lipinski definition) is 2. The summed E-state index contributed by atoms with van der Waals surface area (Å²) in [5.41, 5.74) is 11.9. The van der Waals surface area contributed by atoms with Crippen molar-refractivity contribution in [1.29, 1.82) is 0 Å². The smallest absolute Gasteiger partial charge is 0.111 e. The number of aliphatic hydroxyl groups is 1. The average Bonchev–Trinajstić information content (AvgIpc) is 2.56. The monoisotopic (exact) mass is 305 g/mol. The van der Waals surface area contributed by atoms with Gasteiger partial charge in [0.25, 0.3) is 0 Å². The molecule has 0 aliphatic heterocycles. The van der Waals surface area contributed by atoms with Crippen LogP contribution in [0.25, 0.3) is 11.1 Å². The summed E-state index contributed by atoms with van der Waals surface area (Å²) in [4.78, 5) is 0. The quantitative estimate of drug-likeness (QED) is 0.731. The molecule has 1 atom stereocenters. The topological polar surface area (TPSA) is 46.2 Å². The van der Waals surface area contributed by atoms with Crippen LogP contribution in [0.4, 0.5) is 5.69 Å². The highest BCUT2D eigenvalue weighted by atomic mass is 16.3. The van der Waals surface area contributed by atoms with Gasteiger partial charge in [0.15, 0.2) is 0 Å². The van der Waals surface area contributed by atoms with Gasteiger partial charge < -0.3 is 10.8 Å². The largest absolute Gasteiger partial charge is 0.508 e. The van der Waals surface area contributed by atoms with Crippen molar-refractivity contribution < 1.29 is 5.11 Å². The van der Waals surface area contributed by atoms with Crippen molar-refractivity contribution in [2.24, 2.45) is 0 Å². The van der Waals surface area contributed by atoms with E-state index in [2.05, 4.69) is 50.2 Å². The molecule has 0 amide bonds.